The Hall–Kier alpha value is -3.61. The summed E-state index contributed by atoms with van der Waals surface area (Å²) in [6, 6.07) is 12.7. The molecule has 2 N–H and O–H groups in total. The van der Waals surface area contributed by atoms with Gasteiger partial charge in [-0.3, -0.25) is 9.59 Å². The summed E-state index contributed by atoms with van der Waals surface area (Å²) in [5.41, 5.74) is 8.62. The van der Waals surface area contributed by atoms with Gasteiger partial charge in [0.25, 0.3) is 5.91 Å². The van der Waals surface area contributed by atoms with Crippen molar-refractivity contribution in [1.29, 1.82) is 0 Å². The first-order valence-electron chi connectivity index (χ1n) is 10.7. The van der Waals surface area contributed by atoms with Crippen molar-refractivity contribution in [3.05, 3.63) is 75.1 Å². The number of ether oxygens (including phenoxy) is 1. The average molecular weight is 434 g/mol. The molecule has 0 radical (unpaired) electrons. The molecule has 0 bridgehead atoms. The van der Waals surface area contributed by atoms with E-state index in [4.69, 9.17) is 14.9 Å². The number of nitrogens with zero attached hydrogens (tertiary/aromatic N) is 1. The smallest absolute Gasteiger partial charge is 0.340 e. The van der Waals surface area contributed by atoms with E-state index in [1.54, 1.807) is 6.07 Å². The van der Waals surface area contributed by atoms with Crippen LogP contribution in [0.4, 0.5) is 0 Å². The van der Waals surface area contributed by atoms with Crippen molar-refractivity contribution in [3.63, 3.8) is 0 Å². The van der Waals surface area contributed by atoms with Crippen LogP contribution in [0.1, 0.15) is 35.1 Å². The standard InChI is InChI=1S/C25H26N2O5/c1-15-11-20(31-14-22(28)27-10-6-9-19(27)24(26)29)23-16(2)18(25(30)32-21(23)12-15)13-17-7-4-3-5-8-17/h3-5,7-8,11-12,19H,6,9-10,13-14H2,1-2H3,(H2,26,29). The minimum Gasteiger partial charge on any atom is -0.483 e. The number of benzene rings is 2. The number of carbonyl (C=O) groups is 2. The maximum atomic E-state index is 12.7. The van der Waals surface area contributed by atoms with Gasteiger partial charge in [0.15, 0.2) is 6.61 Å². The predicted octanol–water partition coefficient (Wildman–Crippen LogP) is 2.86. The van der Waals surface area contributed by atoms with Gasteiger partial charge in [-0.1, -0.05) is 30.3 Å². The number of nitrogens with two attached hydrogens (primary N) is 1. The van der Waals surface area contributed by atoms with E-state index < -0.39 is 11.9 Å². The lowest BCUT2D eigenvalue weighted by atomic mass is 9.98. The fourth-order valence-corrected chi connectivity index (χ4v) is 4.34. The van der Waals surface area contributed by atoms with E-state index in [0.29, 0.717) is 41.7 Å². The molecule has 1 aliphatic rings. The number of carbonyl (C=O) groups excluding carboxylic acids is 2. The minimum atomic E-state index is -0.586. The van der Waals surface area contributed by atoms with Crippen LogP contribution < -0.4 is 16.1 Å². The summed E-state index contributed by atoms with van der Waals surface area (Å²) >= 11 is 0. The number of fused-ring (bicyclic) bond motifs is 1. The van der Waals surface area contributed by atoms with E-state index in [2.05, 4.69) is 0 Å². The molecule has 0 spiro atoms. The van der Waals surface area contributed by atoms with Crippen molar-refractivity contribution >= 4 is 22.8 Å². The molecule has 4 rings (SSSR count). The van der Waals surface area contributed by atoms with Crippen molar-refractivity contribution in [3.8, 4) is 5.75 Å². The number of likely N-dealkylation sites (tertiary alicyclic amines) is 1. The number of primary amides is 1. The van der Waals surface area contributed by atoms with Crippen molar-refractivity contribution in [2.75, 3.05) is 13.2 Å². The van der Waals surface area contributed by atoms with Crippen LogP contribution in [0.2, 0.25) is 0 Å². The Balaban J connectivity index is 1.66. The largest absolute Gasteiger partial charge is 0.483 e. The highest BCUT2D eigenvalue weighted by Crippen LogP contribution is 2.32. The Morgan fingerprint density at radius 3 is 2.66 bits per heavy atom. The van der Waals surface area contributed by atoms with E-state index in [1.165, 1.54) is 4.90 Å². The van der Waals surface area contributed by atoms with Gasteiger partial charge in [-0.2, -0.15) is 0 Å². The summed E-state index contributed by atoms with van der Waals surface area (Å²) in [6.07, 6.45) is 1.74. The van der Waals surface area contributed by atoms with Crippen LogP contribution in [0.5, 0.6) is 5.75 Å². The Labute approximate surface area is 185 Å². The predicted molar refractivity (Wildman–Crippen MR) is 121 cm³/mol. The fourth-order valence-electron chi connectivity index (χ4n) is 4.34. The van der Waals surface area contributed by atoms with Crippen LogP contribution in [0.3, 0.4) is 0 Å². The lowest BCUT2D eigenvalue weighted by Gasteiger charge is -2.22. The molecule has 1 aromatic heterocycles. The highest BCUT2D eigenvalue weighted by Gasteiger charge is 2.32. The molecule has 1 atom stereocenters. The van der Waals surface area contributed by atoms with E-state index >= 15 is 0 Å². The summed E-state index contributed by atoms with van der Waals surface area (Å²) < 4.78 is 11.6. The van der Waals surface area contributed by atoms with E-state index in [0.717, 1.165) is 23.1 Å². The molecule has 0 aliphatic carbocycles. The Bertz CT molecular complexity index is 1230. The van der Waals surface area contributed by atoms with Gasteiger partial charge in [0.1, 0.15) is 17.4 Å². The molecule has 1 unspecified atom stereocenters. The average Bonchev–Trinajstić information content (AvgIpc) is 3.25. The zero-order valence-corrected chi connectivity index (χ0v) is 18.2. The first kappa shape index (κ1) is 21.6. The third-order valence-corrected chi connectivity index (χ3v) is 5.96. The molecule has 7 nitrogen and oxygen atoms in total. The highest BCUT2D eigenvalue weighted by molar-refractivity contribution is 5.90. The van der Waals surface area contributed by atoms with Crippen molar-refractivity contribution in [2.24, 2.45) is 5.73 Å². The third kappa shape index (κ3) is 4.23. The zero-order chi connectivity index (χ0) is 22.8. The summed E-state index contributed by atoms with van der Waals surface area (Å²) in [7, 11) is 0. The van der Waals surface area contributed by atoms with Gasteiger partial charge in [-0.25, -0.2) is 4.79 Å². The molecule has 1 aliphatic heterocycles. The maximum absolute atomic E-state index is 12.7. The van der Waals surface area contributed by atoms with Gasteiger partial charge in [-0.05, 0) is 55.5 Å². The van der Waals surface area contributed by atoms with E-state index in [-0.39, 0.29) is 18.1 Å². The van der Waals surface area contributed by atoms with Crippen molar-refractivity contribution in [1.82, 2.24) is 4.90 Å². The molecular formula is C25H26N2O5. The second-order valence-electron chi connectivity index (χ2n) is 8.23. The molecule has 3 aromatic rings. The van der Waals surface area contributed by atoms with Crippen LogP contribution in [0, 0.1) is 13.8 Å². The zero-order valence-electron chi connectivity index (χ0n) is 18.2. The van der Waals surface area contributed by atoms with E-state index in [9.17, 15) is 14.4 Å². The first-order chi connectivity index (χ1) is 15.3. The van der Waals surface area contributed by atoms with Gasteiger partial charge in [0.05, 0.1) is 5.39 Å². The third-order valence-electron chi connectivity index (χ3n) is 5.96. The maximum Gasteiger partial charge on any atom is 0.340 e. The minimum absolute atomic E-state index is 0.227. The molecule has 0 saturated carbocycles. The quantitative estimate of drug-likeness (QED) is 0.601. The van der Waals surface area contributed by atoms with Crippen LogP contribution in [0.15, 0.2) is 51.7 Å². The first-order valence-corrected chi connectivity index (χ1v) is 10.7. The van der Waals surface area contributed by atoms with Crippen molar-refractivity contribution < 1.29 is 18.7 Å². The number of amides is 2. The lowest BCUT2D eigenvalue weighted by Crippen LogP contribution is -2.45. The summed E-state index contributed by atoms with van der Waals surface area (Å²) in [4.78, 5) is 38.5. The van der Waals surface area contributed by atoms with Gasteiger partial charge in [-0.15, -0.1) is 0 Å². The molecule has 1 saturated heterocycles. The van der Waals surface area contributed by atoms with Crippen LogP contribution in [0.25, 0.3) is 11.0 Å². The molecule has 2 amide bonds. The molecule has 32 heavy (non-hydrogen) atoms. The Morgan fingerprint density at radius 1 is 1.19 bits per heavy atom. The fraction of sp³-hybridized carbons (Fsp3) is 0.320. The summed E-state index contributed by atoms with van der Waals surface area (Å²) in [6.45, 7) is 3.99. The van der Waals surface area contributed by atoms with Crippen LogP contribution in [-0.2, 0) is 16.0 Å². The molecule has 2 heterocycles. The SMILES string of the molecule is Cc1cc(OCC(=O)N2CCCC2C(N)=O)c2c(C)c(Cc3ccccc3)c(=O)oc2c1. The number of hydrogen-bond acceptors (Lipinski definition) is 5. The highest BCUT2D eigenvalue weighted by atomic mass is 16.5. The Kier molecular flexibility index (Phi) is 5.99. The molecule has 2 aromatic carbocycles. The van der Waals surface area contributed by atoms with Crippen molar-refractivity contribution in [2.45, 2.75) is 39.2 Å². The molecule has 7 heteroatoms. The van der Waals surface area contributed by atoms with Crippen LogP contribution in [-0.4, -0.2) is 35.9 Å². The summed E-state index contributed by atoms with van der Waals surface area (Å²) in [5, 5.41) is 0.668. The molecular weight excluding hydrogens is 408 g/mol. The Morgan fingerprint density at radius 2 is 1.94 bits per heavy atom. The molecule has 166 valence electrons. The number of rotatable bonds is 6. The molecule has 1 fully saturated rings. The topological polar surface area (TPSA) is 103 Å². The van der Waals surface area contributed by atoms with Gasteiger partial charge < -0.3 is 19.8 Å². The van der Waals surface area contributed by atoms with Crippen LogP contribution >= 0.6 is 0 Å². The van der Waals surface area contributed by atoms with Gasteiger partial charge in [0, 0.05) is 18.5 Å². The van der Waals surface area contributed by atoms with E-state index in [1.807, 2.05) is 50.2 Å². The van der Waals surface area contributed by atoms with Gasteiger partial charge in [0.2, 0.25) is 5.91 Å². The number of aryl methyl sites for hydroxylation is 2. The summed E-state index contributed by atoms with van der Waals surface area (Å²) in [5.74, 6) is -0.320. The second kappa shape index (κ2) is 8.86. The normalized spacial score (nSPS) is 15.8. The monoisotopic (exact) mass is 434 g/mol. The lowest BCUT2D eigenvalue weighted by molar-refractivity contribution is -0.138. The second-order valence-corrected chi connectivity index (χ2v) is 8.23. The van der Waals surface area contributed by atoms with Gasteiger partial charge >= 0.3 is 5.63 Å². The number of hydrogen-bond donors (Lipinski definition) is 1.